The maximum absolute atomic E-state index is 12.2. The molecule has 0 aromatic heterocycles. The van der Waals surface area contributed by atoms with E-state index in [9.17, 15) is 14.7 Å². The first-order chi connectivity index (χ1) is 8.81. The number of aliphatic carboxylic acids is 1. The fraction of sp³-hybridized carbons (Fsp3) is 0.857. The van der Waals surface area contributed by atoms with Crippen LogP contribution in [-0.4, -0.2) is 40.6 Å². The third-order valence-corrected chi connectivity index (χ3v) is 3.61. The molecule has 2 N–H and O–H groups in total. The number of nitrogens with zero attached hydrogens (tertiary/aromatic N) is 1. The number of carbonyl (C=O) groups excluding carboxylic acids is 1. The molecule has 1 rings (SSSR count). The van der Waals surface area contributed by atoms with E-state index in [4.69, 9.17) is 0 Å². The van der Waals surface area contributed by atoms with Gasteiger partial charge in [0.25, 0.3) is 0 Å². The van der Waals surface area contributed by atoms with Crippen LogP contribution >= 0.6 is 0 Å². The third kappa shape index (κ3) is 4.73. The molecule has 5 heteroatoms. The lowest BCUT2D eigenvalue weighted by Gasteiger charge is -2.36. The van der Waals surface area contributed by atoms with Gasteiger partial charge < -0.3 is 15.3 Å². The summed E-state index contributed by atoms with van der Waals surface area (Å²) in [4.78, 5) is 24.9. The quantitative estimate of drug-likeness (QED) is 0.823. The number of hydrogen-bond donors (Lipinski definition) is 2. The van der Waals surface area contributed by atoms with Crippen LogP contribution in [0.4, 0.5) is 4.79 Å². The smallest absolute Gasteiger partial charge is 0.326 e. The molecule has 0 saturated carbocycles. The molecule has 0 radical (unpaired) electrons. The summed E-state index contributed by atoms with van der Waals surface area (Å²) < 4.78 is 0. The number of piperidine rings is 1. The molecule has 0 aliphatic carbocycles. The first-order valence-corrected chi connectivity index (χ1v) is 7.11. The monoisotopic (exact) mass is 270 g/mol. The van der Waals surface area contributed by atoms with Crippen molar-refractivity contribution in [2.45, 2.75) is 59.0 Å². The van der Waals surface area contributed by atoms with Crippen LogP contribution < -0.4 is 5.32 Å². The summed E-state index contributed by atoms with van der Waals surface area (Å²) in [6, 6.07) is -0.858. The Balaban J connectivity index is 2.61. The molecule has 1 saturated heterocycles. The standard InChI is InChI=1S/C14H26N2O3/c1-9(2)7-11(4)15-14(19)16-6-5-10(3)8-12(16)13(17)18/h9-12H,5-8H2,1-4H3,(H,15,19)(H,17,18). The Labute approximate surface area is 115 Å². The van der Waals surface area contributed by atoms with Gasteiger partial charge in [0.2, 0.25) is 0 Å². The van der Waals surface area contributed by atoms with Crippen molar-refractivity contribution in [3.05, 3.63) is 0 Å². The number of rotatable bonds is 4. The third-order valence-electron chi connectivity index (χ3n) is 3.61. The summed E-state index contributed by atoms with van der Waals surface area (Å²) in [6.45, 7) is 8.72. The molecule has 0 aromatic rings. The average molecular weight is 270 g/mol. The van der Waals surface area contributed by atoms with E-state index >= 15 is 0 Å². The maximum Gasteiger partial charge on any atom is 0.326 e. The molecule has 1 aliphatic heterocycles. The summed E-state index contributed by atoms with van der Waals surface area (Å²) in [5.74, 6) is -0.0385. The zero-order chi connectivity index (χ0) is 14.6. The molecule has 3 unspecified atom stereocenters. The van der Waals surface area contributed by atoms with E-state index in [1.54, 1.807) is 0 Å². The van der Waals surface area contributed by atoms with E-state index in [0.29, 0.717) is 24.8 Å². The summed E-state index contributed by atoms with van der Waals surface area (Å²) >= 11 is 0. The Kier molecular flexibility index (Phi) is 5.63. The van der Waals surface area contributed by atoms with Gasteiger partial charge in [0.05, 0.1) is 0 Å². The topological polar surface area (TPSA) is 69.6 Å². The summed E-state index contributed by atoms with van der Waals surface area (Å²) in [5, 5.41) is 12.1. The van der Waals surface area contributed by atoms with Gasteiger partial charge in [-0.3, -0.25) is 0 Å². The number of nitrogens with one attached hydrogen (secondary N) is 1. The Morgan fingerprint density at radius 2 is 2.00 bits per heavy atom. The second kappa shape index (κ2) is 6.78. The lowest BCUT2D eigenvalue weighted by molar-refractivity contribution is -0.143. The fourth-order valence-electron chi connectivity index (χ4n) is 2.68. The Bertz CT molecular complexity index is 331. The van der Waals surface area contributed by atoms with Gasteiger partial charge in [0, 0.05) is 12.6 Å². The van der Waals surface area contributed by atoms with E-state index < -0.39 is 12.0 Å². The SMILES string of the molecule is CC(C)CC(C)NC(=O)N1CCC(C)CC1C(=O)O. The predicted molar refractivity (Wildman–Crippen MR) is 74.0 cm³/mol. The van der Waals surface area contributed by atoms with Gasteiger partial charge in [-0.25, -0.2) is 9.59 Å². The molecule has 0 bridgehead atoms. The van der Waals surface area contributed by atoms with Crippen LogP contribution in [0, 0.1) is 11.8 Å². The van der Waals surface area contributed by atoms with Gasteiger partial charge in [-0.05, 0) is 38.0 Å². The number of urea groups is 1. The van der Waals surface area contributed by atoms with Crippen LogP contribution in [-0.2, 0) is 4.79 Å². The second-order valence-electron chi connectivity index (χ2n) is 6.16. The Morgan fingerprint density at radius 1 is 1.37 bits per heavy atom. The molecule has 3 atom stereocenters. The highest BCUT2D eigenvalue weighted by atomic mass is 16.4. The minimum Gasteiger partial charge on any atom is -0.480 e. The second-order valence-corrected chi connectivity index (χ2v) is 6.16. The average Bonchev–Trinajstić information content (AvgIpc) is 2.27. The van der Waals surface area contributed by atoms with Gasteiger partial charge >= 0.3 is 12.0 Å². The van der Waals surface area contributed by atoms with E-state index in [1.165, 1.54) is 4.90 Å². The van der Waals surface area contributed by atoms with Crippen LogP contribution in [0.2, 0.25) is 0 Å². The van der Waals surface area contributed by atoms with Gasteiger partial charge in [0.1, 0.15) is 6.04 Å². The van der Waals surface area contributed by atoms with Crippen molar-refractivity contribution in [3.8, 4) is 0 Å². The van der Waals surface area contributed by atoms with Crippen molar-refractivity contribution in [2.75, 3.05) is 6.54 Å². The lowest BCUT2D eigenvalue weighted by Crippen LogP contribution is -2.54. The molecule has 2 amide bonds. The van der Waals surface area contributed by atoms with E-state index in [0.717, 1.165) is 12.8 Å². The first-order valence-electron chi connectivity index (χ1n) is 7.11. The number of carboxylic acid groups (broad SMARTS) is 1. The Hall–Kier alpha value is -1.26. The van der Waals surface area contributed by atoms with Gasteiger partial charge in [-0.15, -0.1) is 0 Å². The van der Waals surface area contributed by atoms with E-state index in [-0.39, 0.29) is 12.1 Å². The van der Waals surface area contributed by atoms with Crippen molar-refractivity contribution in [3.63, 3.8) is 0 Å². The van der Waals surface area contributed by atoms with E-state index in [1.807, 2.05) is 13.8 Å². The van der Waals surface area contributed by atoms with Crippen LogP contribution in [0.15, 0.2) is 0 Å². The van der Waals surface area contributed by atoms with Crippen molar-refractivity contribution in [1.82, 2.24) is 10.2 Å². The molecular weight excluding hydrogens is 244 g/mol. The highest BCUT2D eigenvalue weighted by Gasteiger charge is 2.35. The van der Waals surface area contributed by atoms with Gasteiger partial charge in [-0.1, -0.05) is 20.8 Å². The lowest BCUT2D eigenvalue weighted by atomic mass is 9.92. The van der Waals surface area contributed by atoms with Crippen LogP contribution in [0.5, 0.6) is 0 Å². The molecule has 0 spiro atoms. The minimum absolute atomic E-state index is 0.0706. The highest BCUT2D eigenvalue weighted by Crippen LogP contribution is 2.22. The Morgan fingerprint density at radius 3 is 2.53 bits per heavy atom. The van der Waals surface area contributed by atoms with Crippen molar-refractivity contribution < 1.29 is 14.7 Å². The normalized spacial score (nSPS) is 25.2. The molecule has 1 fully saturated rings. The molecule has 1 heterocycles. The van der Waals surface area contributed by atoms with Crippen molar-refractivity contribution in [1.29, 1.82) is 0 Å². The minimum atomic E-state index is -0.904. The molecule has 19 heavy (non-hydrogen) atoms. The molecule has 0 aromatic carbocycles. The largest absolute Gasteiger partial charge is 0.480 e. The molecule has 1 aliphatic rings. The van der Waals surface area contributed by atoms with Crippen LogP contribution in [0.1, 0.15) is 47.0 Å². The van der Waals surface area contributed by atoms with E-state index in [2.05, 4.69) is 19.2 Å². The summed E-state index contributed by atoms with van der Waals surface area (Å²) in [7, 11) is 0. The molecule has 5 nitrogen and oxygen atoms in total. The van der Waals surface area contributed by atoms with Crippen molar-refractivity contribution in [2.24, 2.45) is 11.8 Å². The zero-order valence-electron chi connectivity index (χ0n) is 12.3. The van der Waals surface area contributed by atoms with Crippen LogP contribution in [0.25, 0.3) is 0 Å². The number of likely N-dealkylation sites (tertiary alicyclic amines) is 1. The number of carbonyl (C=O) groups is 2. The molecular formula is C14H26N2O3. The van der Waals surface area contributed by atoms with Gasteiger partial charge in [0.15, 0.2) is 0 Å². The maximum atomic E-state index is 12.2. The van der Waals surface area contributed by atoms with Gasteiger partial charge in [-0.2, -0.15) is 0 Å². The van der Waals surface area contributed by atoms with Crippen molar-refractivity contribution >= 4 is 12.0 Å². The number of carboxylic acids is 1. The number of amides is 2. The van der Waals surface area contributed by atoms with Crippen LogP contribution in [0.3, 0.4) is 0 Å². The summed E-state index contributed by atoms with van der Waals surface area (Å²) in [6.07, 6.45) is 2.31. The number of hydrogen-bond acceptors (Lipinski definition) is 2. The predicted octanol–water partition coefficient (Wildman–Crippen LogP) is 2.32. The zero-order valence-corrected chi connectivity index (χ0v) is 12.3. The molecule has 110 valence electrons. The highest BCUT2D eigenvalue weighted by molar-refractivity contribution is 5.83. The first kappa shape index (κ1) is 15.8. The summed E-state index contributed by atoms with van der Waals surface area (Å²) in [5.41, 5.74) is 0. The fourth-order valence-corrected chi connectivity index (χ4v) is 2.68.